The van der Waals surface area contributed by atoms with E-state index in [-0.39, 0.29) is 11.4 Å². The zero-order chi connectivity index (χ0) is 19.4. The summed E-state index contributed by atoms with van der Waals surface area (Å²) in [5.41, 5.74) is 2.00. The molecule has 0 saturated carbocycles. The number of amides is 1. The van der Waals surface area contributed by atoms with Gasteiger partial charge in [0, 0.05) is 18.3 Å². The lowest BCUT2D eigenvalue weighted by Crippen LogP contribution is -2.19. The monoisotopic (exact) mass is 368 g/mol. The molecular weight excluding hydrogens is 350 g/mol. The molecule has 0 spiro atoms. The largest absolute Gasteiger partial charge is 0.325 e. The molecule has 1 N–H and O–H groups in total. The Labute approximate surface area is 155 Å². The molecule has 5 nitrogen and oxygen atoms in total. The van der Waals surface area contributed by atoms with Gasteiger partial charge in [0.15, 0.2) is 5.82 Å². The quantitative estimate of drug-likeness (QED) is 0.722. The molecule has 0 aliphatic carbocycles. The van der Waals surface area contributed by atoms with Crippen LogP contribution in [0.1, 0.15) is 23.0 Å². The van der Waals surface area contributed by atoms with Gasteiger partial charge in [-0.1, -0.05) is 12.1 Å². The zero-order valence-electron chi connectivity index (χ0n) is 14.9. The van der Waals surface area contributed by atoms with E-state index in [9.17, 15) is 13.6 Å². The molecule has 3 rings (SSSR count). The summed E-state index contributed by atoms with van der Waals surface area (Å²) in [5.74, 6) is -1.61. The smallest absolute Gasteiger partial charge is 0.275 e. The summed E-state index contributed by atoms with van der Waals surface area (Å²) in [6.07, 6.45) is 2.81. The predicted octanol–water partition coefficient (Wildman–Crippen LogP) is 4.47. The number of aromatic nitrogens is 2. The highest BCUT2D eigenvalue weighted by Gasteiger charge is 2.14. The minimum Gasteiger partial charge on any atom is -0.325 e. The number of hydrogen-bond acceptors (Lipinski definition) is 4. The van der Waals surface area contributed by atoms with E-state index >= 15 is 0 Å². The van der Waals surface area contributed by atoms with Gasteiger partial charge < -0.3 is 10.2 Å². The Morgan fingerprint density at radius 2 is 1.93 bits per heavy atom. The molecule has 3 aromatic rings. The second-order valence-corrected chi connectivity index (χ2v) is 5.92. The maximum absolute atomic E-state index is 13.7. The van der Waals surface area contributed by atoms with E-state index in [2.05, 4.69) is 15.3 Å². The van der Waals surface area contributed by atoms with Gasteiger partial charge in [0.25, 0.3) is 5.91 Å². The Bertz CT molecular complexity index is 960. The van der Waals surface area contributed by atoms with Crippen LogP contribution >= 0.6 is 0 Å². The van der Waals surface area contributed by atoms with Crippen molar-refractivity contribution in [3.05, 3.63) is 77.8 Å². The lowest BCUT2D eigenvalue weighted by atomic mass is 10.2. The highest BCUT2D eigenvalue weighted by atomic mass is 19.1. The summed E-state index contributed by atoms with van der Waals surface area (Å²) in [7, 11) is 0. The normalized spacial score (nSPS) is 10.5. The van der Waals surface area contributed by atoms with Crippen molar-refractivity contribution in [3.63, 3.8) is 0 Å². The maximum Gasteiger partial charge on any atom is 0.275 e. The fourth-order valence-electron chi connectivity index (χ4n) is 2.63. The summed E-state index contributed by atoms with van der Waals surface area (Å²) >= 11 is 0. The second-order valence-electron chi connectivity index (χ2n) is 5.92. The molecule has 7 heteroatoms. The van der Waals surface area contributed by atoms with Crippen LogP contribution in [0.2, 0.25) is 0 Å². The maximum atomic E-state index is 13.7. The van der Waals surface area contributed by atoms with Crippen molar-refractivity contribution in [2.24, 2.45) is 0 Å². The van der Waals surface area contributed by atoms with Crippen molar-refractivity contribution < 1.29 is 13.6 Å². The highest BCUT2D eigenvalue weighted by Crippen LogP contribution is 2.23. The minimum absolute atomic E-state index is 0.0303. The van der Waals surface area contributed by atoms with Crippen LogP contribution < -0.4 is 10.2 Å². The molecule has 2 aromatic carbocycles. The fraction of sp³-hybridized carbons (Fsp3) is 0.150. The number of benzene rings is 2. The van der Waals surface area contributed by atoms with Gasteiger partial charge in [0.2, 0.25) is 0 Å². The lowest BCUT2D eigenvalue weighted by molar-refractivity contribution is 0.102. The summed E-state index contributed by atoms with van der Waals surface area (Å²) in [6, 6.07) is 10.9. The molecule has 0 fully saturated rings. The number of nitrogens with one attached hydrogen (secondary N) is 1. The van der Waals surface area contributed by atoms with Gasteiger partial charge in [-0.2, -0.15) is 0 Å². The summed E-state index contributed by atoms with van der Waals surface area (Å²) in [4.78, 5) is 22.6. The van der Waals surface area contributed by atoms with Crippen LogP contribution in [-0.2, 0) is 0 Å². The first kappa shape index (κ1) is 18.4. The van der Waals surface area contributed by atoms with Crippen LogP contribution in [0.25, 0.3) is 0 Å². The molecule has 0 aliphatic rings. The average molecular weight is 368 g/mol. The number of carbonyl (C=O) groups excluding carboxylic acids is 1. The number of aryl methyl sites for hydroxylation is 1. The molecule has 0 bridgehead atoms. The number of carbonyl (C=O) groups is 1. The van der Waals surface area contributed by atoms with Crippen molar-refractivity contribution in [1.82, 2.24) is 9.97 Å². The number of halogens is 2. The van der Waals surface area contributed by atoms with Gasteiger partial charge in [0.1, 0.15) is 17.3 Å². The molecule has 0 saturated heterocycles. The molecule has 138 valence electrons. The number of anilines is 3. The third kappa shape index (κ3) is 4.25. The minimum atomic E-state index is -0.857. The predicted molar refractivity (Wildman–Crippen MR) is 100 cm³/mol. The van der Waals surface area contributed by atoms with Crippen LogP contribution in [0.5, 0.6) is 0 Å². The first-order chi connectivity index (χ1) is 13.0. The van der Waals surface area contributed by atoms with Crippen LogP contribution in [0.15, 0.2) is 54.9 Å². The van der Waals surface area contributed by atoms with Gasteiger partial charge in [-0.3, -0.25) is 4.79 Å². The van der Waals surface area contributed by atoms with E-state index in [1.807, 2.05) is 43.0 Å². The van der Waals surface area contributed by atoms with Gasteiger partial charge in [-0.25, -0.2) is 18.7 Å². The molecule has 1 amide bonds. The zero-order valence-corrected chi connectivity index (χ0v) is 14.9. The third-order valence-corrected chi connectivity index (χ3v) is 3.96. The molecular formula is C20H18F2N4O. The Balaban J connectivity index is 1.78. The standard InChI is InChI=1S/C20H18F2N4O/c1-3-26(15-6-4-5-13(2)9-15)19-12-23-18(11-24-19)20(27)25-17-8-7-14(21)10-16(17)22/h4-12H,3H2,1-2H3,(H,25,27). The average Bonchev–Trinajstić information content (AvgIpc) is 2.65. The van der Waals surface area contributed by atoms with Gasteiger partial charge in [0.05, 0.1) is 18.1 Å². The second kappa shape index (κ2) is 7.90. The van der Waals surface area contributed by atoms with Gasteiger partial charge in [-0.05, 0) is 43.7 Å². The topological polar surface area (TPSA) is 58.1 Å². The number of hydrogen-bond donors (Lipinski definition) is 1. The SMILES string of the molecule is CCN(c1cccc(C)c1)c1cnc(C(=O)Nc2ccc(F)cc2F)cn1. The Morgan fingerprint density at radius 1 is 1.11 bits per heavy atom. The van der Waals surface area contributed by atoms with Crippen LogP contribution in [0.4, 0.5) is 26.0 Å². The summed E-state index contributed by atoms with van der Waals surface area (Å²) < 4.78 is 26.6. The van der Waals surface area contributed by atoms with E-state index in [1.54, 1.807) is 0 Å². The first-order valence-electron chi connectivity index (χ1n) is 8.40. The Morgan fingerprint density at radius 3 is 2.56 bits per heavy atom. The van der Waals surface area contributed by atoms with Crippen molar-refractivity contribution in [3.8, 4) is 0 Å². The Kier molecular flexibility index (Phi) is 5.40. The van der Waals surface area contributed by atoms with Crippen molar-refractivity contribution in [2.45, 2.75) is 13.8 Å². The van der Waals surface area contributed by atoms with Crippen molar-refractivity contribution in [2.75, 3.05) is 16.8 Å². The van der Waals surface area contributed by atoms with E-state index in [0.29, 0.717) is 18.4 Å². The Hall–Kier alpha value is -3.35. The van der Waals surface area contributed by atoms with Crippen molar-refractivity contribution in [1.29, 1.82) is 0 Å². The lowest BCUT2D eigenvalue weighted by Gasteiger charge is -2.22. The fourth-order valence-corrected chi connectivity index (χ4v) is 2.63. The van der Waals surface area contributed by atoms with Crippen LogP contribution in [0, 0.1) is 18.6 Å². The number of rotatable bonds is 5. The van der Waals surface area contributed by atoms with E-state index < -0.39 is 17.5 Å². The highest BCUT2D eigenvalue weighted by molar-refractivity contribution is 6.02. The summed E-state index contributed by atoms with van der Waals surface area (Å²) in [6.45, 7) is 4.66. The molecule has 0 unspecified atom stereocenters. The molecule has 1 heterocycles. The third-order valence-electron chi connectivity index (χ3n) is 3.96. The molecule has 27 heavy (non-hydrogen) atoms. The first-order valence-corrected chi connectivity index (χ1v) is 8.40. The molecule has 1 aromatic heterocycles. The molecule has 0 atom stereocenters. The van der Waals surface area contributed by atoms with Gasteiger partial charge in [-0.15, -0.1) is 0 Å². The van der Waals surface area contributed by atoms with Crippen LogP contribution in [0.3, 0.4) is 0 Å². The van der Waals surface area contributed by atoms with Crippen molar-refractivity contribution >= 4 is 23.1 Å². The van der Waals surface area contributed by atoms with E-state index in [0.717, 1.165) is 23.4 Å². The molecule has 0 aliphatic heterocycles. The summed E-state index contributed by atoms with van der Waals surface area (Å²) in [5, 5.41) is 2.36. The number of nitrogens with zero attached hydrogens (tertiary/aromatic N) is 3. The molecule has 0 radical (unpaired) electrons. The van der Waals surface area contributed by atoms with E-state index in [4.69, 9.17) is 0 Å². The van der Waals surface area contributed by atoms with Crippen LogP contribution in [-0.4, -0.2) is 22.4 Å². The van der Waals surface area contributed by atoms with Gasteiger partial charge >= 0.3 is 0 Å². The van der Waals surface area contributed by atoms with E-state index in [1.165, 1.54) is 12.4 Å².